The van der Waals surface area contributed by atoms with Crippen LogP contribution in [0, 0.1) is 20.8 Å². The summed E-state index contributed by atoms with van der Waals surface area (Å²) in [5.74, 6) is -0.726. The van der Waals surface area contributed by atoms with Gasteiger partial charge in [-0.25, -0.2) is 0 Å². The number of nitrogens with zero attached hydrogens (tertiary/aromatic N) is 2. The summed E-state index contributed by atoms with van der Waals surface area (Å²) in [5.41, 5.74) is 4.02. The molecule has 0 fully saturated rings. The number of esters is 1. The Morgan fingerprint density at radius 3 is 2.64 bits per heavy atom. The van der Waals surface area contributed by atoms with Crippen molar-refractivity contribution < 1.29 is 14.3 Å². The van der Waals surface area contributed by atoms with Gasteiger partial charge in [0.25, 0.3) is 5.91 Å². The first-order valence-electron chi connectivity index (χ1n) is 8.92. The fourth-order valence-corrected chi connectivity index (χ4v) is 4.24. The van der Waals surface area contributed by atoms with Gasteiger partial charge in [0.2, 0.25) is 0 Å². The van der Waals surface area contributed by atoms with E-state index < -0.39 is 0 Å². The van der Waals surface area contributed by atoms with Crippen molar-refractivity contribution in [2.45, 2.75) is 34.2 Å². The van der Waals surface area contributed by atoms with Crippen LogP contribution < -0.4 is 4.80 Å². The number of aromatic nitrogens is 1. The third kappa shape index (κ3) is 4.03. The van der Waals surface area contributed by atoms with Crippen LogP contribution in [0.2, 0.25) is 5.02 Å². The minimum absolute atomic E-state index is 0.0338. The van der Waals surface area contributed by atoms with Crippen LogP contribution in [0.15, 0.2) is 35.3 Å². The van der Waals surface area contributed by atoms with E-state index in [0.717, 1.165) is 26.9 Å². The van der Waals surface area contributed by atoms with Gasteiger partial charge in [-0.3, -0.25) is 9.59 Å². The van der Waals surface area contributed by atoms with Gasteiger partial charge in [-0.2, -0.15) is 4.99 Å². The van der Waals surface area contributed by atoms with E-state index in [1.165, 1.54) is 11.3 Å². The van der Waals surface area contributed by atoms with E-state index in [1.54, 1.807) is 17.6 Å². The molecule has 0 spiro atoms. The summed E-state index contributed by atoms with van der Waals surface area (Å²) in [6.07, 6.45) is 0. The molecule has 0 N–H and O–H groups in total. The first-order valence-corrected chi connectivity index (χ1v) is 10.1. The second kappa shape index (κ2) is 8.29. The number of carbonyl (C=O) groups excluding carboxylic acids is 2. The minimum atomic E-state index is -0.387. The molecule has 0 radical (unpaired) electrons. The largest absolute Gasteiger partial charge is 0.465 e. The second-order valence-corrected chi connectivity index (χ2v) is 7.95. The van der Waals surface area contributed by atoms with E-state index in [2.05, 4.69) is 4.99 Å². The normalized spacial score (nSPS) is 11.8. The van der Waals surface area contributed by atoms with Crippen LogP contribution in [-0.2, 0) is 16.1 Å². The minimum Gasteiger partial charge on any atom is -0.465 e. The summed E-state index contributed by atoms with van der Waals surface area (Å²) in [7, 11) is 0. The first-order chi connectivity index (χ1) is 13.3. The molecule has 1 heterocycles. The van der Waals surface area contributed by atoms with Gasteiger partial charge in [-0.05, 0) is 57.0 Å². The quantitative estimate of drug-likeness (QED) is 0.584. The van der Waals surface area contributed by atoms with Crippen molar-refractivity contribution in [3.63, 3.8) is 0 Å². The number of hydrogen-bond donors (Lipinski definition) is 0. The molecule has 0 atom stereocenters. The molecule has 1 aromatic heterocycles. The lowest BCUT2D eigenvalue weighted by molar-refractivity contribution is -0.143. The lowest BCUT2D eigenvalue weighted by atomic mass is 10.1. The number of ether oxygens (including phenoxy) is 1. The van der Waals surface area contributed by atoms with Crippen molar-refractivity contribution in [1.82, 2.24) is 4.57 Å². The average Bonchev–Trinajstić information content (AvgIpc) is 2.98. The Morgan fingerprint density at radius 2 is 1.93 bits per heavy atom. The standard InChI is InChI=1S/C21H21ClN2O3S/c1-5-27-18(25)11-24-19-14(4)16(22)8-9-17(19)28-21(24)23-20(26)15-10-12(2)6-7-13(15)3/h6-10H,5,11H2,1-4H3. The predicted molar refractivity (Wildman–Crippen MR) is 112 cm³/mol. The van der Waals surface area contributed by atoms with Crippen molar-refractivity contribution in [3.05, 3.63) is 62.4 Å². The molecule has 0 saturated heterocycles. The van der Waals surface area contributed by atoms with Crippen molar-refractivity contribution in [3.8, 4) is 0 Å². The van der Waals surface area contributed by atoms with Crippen molar-refractivity contribution in [2.24, 2.45) is 4.99 Å². The van der Waals surface area contributed by atoms with E-state index >= 15 is 0 Å². The third-order valence-corrected chi connectivity index (χ3v) is 5.90. The molecule has 7 heteroatoms. The summed E-state index contributed by atoms with van der Waals surface area (Å²) < 4.78 is 7.71. The number of fused-ring (bicyclic) bond motifs is 1. The summed E-state index contributed by atoms with van der Waals surface area (Å²) in [6, 6.07) is 9.36. The zero-order valence-electron chi connectivity index (χ0n) is 16.2. The first kappa shape index (κ1) is 20.3. The lowest BCUT2D eigenvalue weighted by Crippen LogP contribution is -2.23. The Balaban J connectivity index is 2.20. The van der Waals surface area contributed by atoms with E-state index in [1.807, 2.05) is 45.0 Å². The molecule has 0 aliphatic carbocycles. The molecular formula is C21H21ClN2O3S. The van der Waals surface area contributed by atoms with Gasteiger partial charge in [-0.15, -0.1) is 0 Å². The number of amides is 1. The molecule has 0 bridgehead atoms. The number of rotatable bonds is 4. The Morgan fingerprint density at radius 1 is 1.18 bits per heavy atom. The number of halogens is 1. The molecule has 0 aliphatic heterocycles. The molecule has 0 saturated carbocycles. The molecule has 3 aromatic rings. The Bertz CT molecular complexity index is 1140. The smallest absolute Gasteiger partial charge is 0.326 e. The molecule has 5 nitrogen and oxygen atoms in total. The second-order valence-electron chi connectivity index (χ2n) is 6.53. The topological polar surface area (TPSA) is 60.7 Å². The Labute approximate surface area is 172 Å². The molecular weight excluding hydrogens is 396 g/mol. The molecule has 0 unspecified atom stereocenters. The highest BCUT2D eigenvalue weighted by atomic mass is 35.5. The van der Waals surface area contributed by atoms with Gasteiger partial charge in [0.1, 0.15) is 6.54 Å². The third-order valence-electron chi connectivity index (χ3n) is 4.44. The summed E-state index contributed by atoms with van der Waals surface area (Å²) >= 11 is 7.63. The van der Waals surface area contributed by atoms with Crippen LogP contribution in [-0.4, -0.2) is 23.1 Å². The van der Waals surface area contributed by atoms with Gasteiger partial charge in [0.05, 0.1) is 16.8 Å². The summed E-state index contributed by atoms with van der Waals surface area (Å²) in [6.45, 7) is 7.70. The van der Waals surface area contributed by atoms with E-state index in [0.29, 0.717) is 15.4 Å². The number of carbonyl (C=O) groups is 2. The molecule has 28 heavy (non-hydrogen) atoms. The van der Waals surface area contributed by atoms with E-state index in [-0.39, 0.29) is 25.0 Å². The maximum absolute atomic E-state index is 12.9. The summed E-state index contributed by atoms with van der Waals surface area (Å²) in [4.78, 5) is 29.8. The lowest BCUT2D eigenvalue weighted by Gasteiger charge is -2.08. The Kier molecular flexibility index (Phi) is 6.01. The maximum Gasteiger partial charge on any atom is 0.326 e. The molecule has 1 amide bonds. The van der Waals surface area contributed by atoms with E-state index in [9.17, 15) is 9.59 Å². The van der Waals surface area contributed by atoms with Gasteiger partial charge in [0.15, 0.2) is 4.80 Å². The molecule has 2 aromatic carbocycles. The van der Waals surface area contributed by atoms with Crippen LogP contribution in [0.25, 0.3) is 10.2 Å². The zero-order chi connectivity index (χ0) is 20.4. The number of thiazole rings is 1. The molecule has 0 aliphatic rings. The highest BCUT2D eigenvalue weighted by Gasteiger charge is 2.16. The number of benzene rings is 2. The fourth-order valence-electron chi connectivity index (χ4n) is 3.00. The Hall–Kier alpha value is -2.44. The van der Waals surface area contributed by atoms with Crippen LogP contribution in [0.5, 0.6) is 0 Å². The van der Waals surface area contributed by atoms with Gasteiger partial charge < -0.3 is 9.30 Å². The summed E-state index contributed by atoms with van der Waals surface area (Å²) in [5, 5.41) is 0.593. The highest BCUT2D eigenvalue weighted by molar-refractivity contribution is 7.16. The van der Waals surface area contributed by atoms with E-state index in [4.69, 9.17) is 16.3 Å². The van der Waals surface area contributed by atoms with Crippen LogP contribution in [0.4, 0.5) is 0 Å². The molecule has 146 valence electrons. The predicted octanol–water partition coefficient (Wildman–Crippen LogP) is 4.59. The maximum atomic E-state index is 12.9. The van der Waals surface area contributed by atoms with Crippen molar-refractivity contribution >= 4 is 45.0 Å². The van der Waals surface area contributed by atoms with Gasteiger partial charge in [-0.1, -0.05) is 40.6 Å². The fraction of sp³-hybridized carbons (Fsp3) is 0.286. The van der Waals surface area contributed by atoms with Crippen molar-refractivity contribution in [2.75, 3.05) is 6.61 Å². The van der Waals surface area contributed by atoms with Gasteiger partial charge in [0, 0.05) is 10.6 Å². The zero-order valence-corrected chi connectivity index (χ0v) is 17.8. The monoisotopic (exact) mass is 416 g/mol. The number of aryl methyl sites for hydroxylation is 3. The van der Waals surface area contributed by atoms with Crippen molar-refractivity contribution in [1.29, 1.82) is 0 Å². The number of hydrogen-bond acceptors (Lipinski definition) is 4. The van der Waals surface area contributed by atoms with Crippen LogP contribution in [0.1, 0.15) is 34.0 Å². The molecule has 3 rings (SSSR count). The van der Waals surface area contributed by atoms with Crippen LogP contribution >= 0.6 is 22.9 Å². The highest BCUT2D eigenvalue weighted by Crippen LogP contribution is 2.27. The average molecular weight is 417 g/mol. The SMILES string of the molecule is CCOC(=O)Cn1c(=NC(=O)c2cc(C)ccc2C)sc2ccc(Cl)c(C)c21. The van der Waals surface area contributed by atoms with Crippen LogP contribution in [0.3, 0.4) is 0 Å². The van der Waals surface area contributed by atoms with Gasteiger partial charge >= 0.3 is 5.97 Å².